The molecule has 0 bridgehead atoms. The zero-order valence-corrected chi connectivity index (χ0v) is 18.7. The SMILES string of the molecule is CCNC(=NCc1cccc(C(=O)OCc2ccccc2)c1)NCC(=O)NC(C)(C)C. The molecule has 0 atom stereocenters. The minimum atomic E-state index is -0.376. The lowest BCUT2D eigenvalue weighted by Crippen LogP contribution is -2.48. The molecule has 0 heterocycles. The Balaban J connectivity index is 1.94. The third-order valence-corrected chi connectivity index (χ3v) is 4.07. The molecule has 2 rings (SSSR count). The fourth-order valence-electron chi connectivity index (χ4n) is 2.74. The van der Waals surface area contributed by atoms with E-state index in [2.05, 4.69) is 20.9 Å². The second kappa shape index (κ2) is 11.7. The number of guanidine groups is 1. The maximum Gasteiger partial charge on any atom is 0.338 e. The average molecular weight is 425 g/mol. The van der Waals surface area contributed by atoms with Crippen LogP contribution < -0.4 is 16.0 Å². The van der Waals surface area contributed by atoms with Crippen LogP contribution in [0.5, 0.6) is 0 Å². The van der Waals surface area contributed by atoms with E-state index in [4.69, 9.17) is 4.74 Å². The second-order valence-electron chi connectivity index (χ2n) is 8.11. The normalized spacial score (nSPS) is 11.5. The van der Waals surface area contributed by atoms with Gasteiger partial charge in [-0.3, -0.25) is 4.79 Å². The van der Waals surface area contributed by atoms with Gasteiger partial charge in [0, 0.05) is 12.1 Å². The Bertz CT molecular complexity index is 889. The van der Waals surface area contributed by atoms with E-state index in [1.807, 2.05) is 64.1 Å². The van der Waals surface area contributed by atoms with Crippen molar-refractivity contribution in [3.63, 3.8) is 0 Å². The Kier molecular flexibility index (Phi) is 9.06. The van der Waals surface area contributed by atoms with Crippen LogP contribution in [0.2, 0.25) is 0 Å². The highest BCUT2D eigenvalue weighted by Gasteiger charge is 2.14. The molecule has 166 valence electrons. The molecule has 1 amide bonds. The van der Waals surface area contributed by atoms with Gasteiger partial charge >= 0.3 is 5.97 Å². The van der Waals surface area contributed by atoms with Crippen molar-refractivity contribution in [3.05, 3.63) is 71.3 Å². The van der Waals surface area contributed by atoms with Gasteiger partial charge in [0.2, 0.25) is 5.91 Å². The summed E-state index contributed by atoms with van der Waals surface area (Å²) in [4.78, 5) is 28.9. The summed E-state index contributed by atoms with van der Waals surface area (Å²) in [6, 6.07) is 16.8. The average Bonchev–Trinajstić information content (AvgIpc) is 2.73. The van der Waals surface area contributed by atoms with Crippen LogP contribution >= 0.6 is 0 Å². The first-order chi connectivity index (χ1) is 14.8. The highest BCUT2D eigenvalue weighted by atomic mass is 16.5. The van der Waals surface area contributed by atoms with Crippen LogP contribution in [0, 0.1) is 0 Å². The number of amides is 1. The molecule has 0 spiro atoms. The van der Waals surface area contributed by atoms with E-state index >= 15 is 0 Å². The number of nitrogens with one attached hydrogen (secondary N) is 3. The van der Waals surface area contributed by atoms with Crippen molar-refractivity contribution >= 4 is 17.8 Å². The third kappa shape index (κ3) is 9.33. The van der Waals surface area contributed by atoms with Crippen molar-refractivity contribution in [1.82, 2.24) is 16.0 Å². The molecule has 7 heteroatoms. The van der Waals surface area contributed by atoms with Gasteiger partial charge in [-0.2, -0.15) is 0 Å². The first kappa shape index (κ1) is 23.9. The molecule has 0 aliphatic rings. The van der Waals surface area contributed by atoms with Crippen molar-refractivity contribution in [3.8, 4) is 0 Å². The molecule has 0 aromatic heterocycles. The molecule has 0 saturated carbocycles. The number of rotatable bonds is 8. The van der Waals surface area contributed by atoms with E-state index < -0.39 is 0 Å². The van der Waals surface area contributed by atoms with Crippen molar-refractivity contribution in [2.75, 3.05) is 13.1 Å². The number of nitrogens with zero attached hydrogens (tertiary/aromatic N) is 1. The van der Waals surface area contributed by atoms with Crippen LogP contribution in [-0.2, 0) is 22.7 Å². The smallest absolute Gasteiger partial charge is 0.338 e. The number of hydrogen-bond donors (Lipinski definition) is 3. The van der Waals surface area contributed by atoms with E-state index in [0.29, 0.717) is 24.6 Å². The number of hydrogen-bond acceptors (Lipinski definition) is 4. The molecule has 2 aromatic carbocycles. The van der Waals surface area contributed by atoms with Crippen LogP contribution in [-0.4, -0.2) is 36.5 Å². The van der Waals surface area contributed by atoms with Crippen molar-refractivity contribution < 1.29 is 14.3 Å². The van der Waals surface area contributed by atoms with Gasteiger partial charge in [0.05, 0.1) is 18.7 Å². The maximum atomic E-state index is 12.4. The van der Waals surface area contributed by atoms with Crippen molar-refractivity contribution in [1.29, 1.82) is 0 Å². The number of benzene rings is 2. The molecule has 0 aliphatic carbocycles. The Morgan fingerprint density at radius 2 is 1.68 bits per heavy atom. The number of carbonyl (C=O) groups excluding carboxylic acids is 2. The topological polar surface area (TPSA) is 91.8 Å². The van der Waals surface area contributed by atoms with Crippen LogP contribution in [0.3, 0.4) is 0 Å². The quantitative estimate of drug-likeness (QED) is 0.344. The van der Waals surface area contributed by atoms with Gasteiger partial charge in [0.15, 0.2) is 5.96 Å². The predicted octanol–water partition coefficient (Wildman–Crippen LogP) is 3.01. The fourth-order valence-corrected chi connectivity index (χ4v) is 2.74. The minimum absolute atomic E-state index is 0.110. The van der Waals surface area contributed by atoms with Crippen LogP contribution in [0.4, 0.5) is 0 Å². The summed E-state index contributed by atoms with van der Waals surface area (Å²) in [6.07, 6.45) is 0. The van der Waals surface area contributed by atoms with Gasteiger partial charge in [-0.25, -0.2) is 9.79 Å². The van der Waals surface area contributed by atoms with Gasteiger partial charge < -0.3 is 20.7 Å². The van der Waals surface area contributed by atoms with Gasteiger partial charge in [-0.1, -0.05) is 42.5 Å². The minimum Gasteiger partial charge on any atom is -0.457 e. The Morgan fingerprint density at radius 1 is 0.968 bits per heavy atom. The van der Waals surface area contributed by atoms with Crippen molar-refractivity contribution in [2.45, 2.75) is 46.4 Å². The summed E-state index contributed by atoms with van der Waals surface area (Å²) >= 11 is 0. The van der Waals surface area contributed by atoms with E-state index in [-0.39, 0.29) is 30.6 Å². The number of ether oxygens (including phenoxy) is 1. The highest BCUT2D eigenvalue weighted by Crippen LogP contribution is 2.10. The summed E-state index contributed by atoms with van der Waals surface area (Å²) in [5.41, 5.74) is 1.99. The molecular formula is C24H32N4O3. The number of aliphatic imine (C=N–C) groups is 1. The lowest BCUT2D eigenvalue weighted by Gasteiger charge is -2.21. The largest absolute Gasteiger partial charge is 0.457 e. The van der Waals surface area contributed by atoms with Gasteiger partial charge in [-0.05, 0) is 51.0 Å². The molecule has 0 fully saturated rings. The van der Waals surface area contributed by atoms with Gasteiger partial charge in [-0.15, -0.1) is 0 Å². The third-order valence-electron chi connectivity index (χ3n) is 4.07. The Labute approximate surface area is 184 Å². The van der Waals surface area contributed by atoms with Gasteiger partial charge in [0.1, 0.15) is 6.61 Å². The lowest BCUT2D eigenvalue weighted by atomic mass is 10.1. The fraction of sp³-hybridized carbons (Fsp3) is 0.375. The van der Waals surface area contributed by atoms with Crippen molar-refractivity contribution in [2.24, 2.45) is 4.99 Å². The summed E-state index contributed by atoms with van der Waals surface area (Å²) in [5.74, 6) is 0.0449. The molecule has 0 aliphatic heterocycles. The molecule has 2 aromatic rings. The van der Waals surface area contributed by atoms with Crippen LogP contribution in [0.1, 0.15) is 49.2 Å². The lowest BCUT2D eigenvalue weighted by molar-refractivity contribution is -0.121. The predicted molar refractivity (Wildman–Crippen MR) is 123 cm³/mol. The standard InChI is InChI=1S/C24H32N4O3/c1-5-25-23(27-16-21(29)28-24(2,3)4)26-15-19-12-9-13-20(14-19)22(30)31-17-18-10-7-6-8-11-18/h6-14H,5,15-17H2,1-4H3,(H,28,29)(H2,25,26,27). The van der Waals surface area contributed by atoms with E-state index in [1.54, 1.807) is 18.2 Å². The maximum absolute atomic E-state index is 12.4. The molecule has 0 radical (unpaired) electrons. The zero-order valence-electron chi connectivity index (χ0n) is 18.7. The number of carbonyl (C=O) groups is 2. The summed E-state index contributed by atoms with van der Waals surface area (Å²) in [5, 5.41) is 9.04. The van der Waals surface area contributed by atoms with E-state index in [0.717, 1.165) is 11.1 Å². The van der Waals surface area contributed by atoms with E-state index in [9.17, 15) is 9.59 Å². The Hall–Kier alpha value is -3.35. The molecule has 0 unspecified atom stereocenters. The van der Waals surface area contributed by atoms with Gasteiger partial charge in [0.25, 0.3) is 0 Å². The zero-order chi connectivity index (χ0) is 22.7. The molecule has 3 N–H and O–H groups in total. The molecule has 0 saturated heterocycles. The van der Waals surface area contributed by atoms with Crippen LogP contribution in [0.15, 0.2) is 59.6 Å². The molecule has 31 heavy (non-hydrogen) atoms. The summed E-state index contributed by atoms with van der Waals surface area (Å²) < 4.78 is 5.39. The number of esters is 1. The summed E-state index contributed by atoms with van der Waals surface area (Å²) in [6.45, 7) is 9.12. The highest BCUT2D eigenvalue weighted by molar-refractivity contribution is 5.89. The van der Waals surface area contributed by atoms with E-state index in [1.165, 1.54) is 0 Å². The second-order valence-corrected chi connectivity index (χ2v) is 8.11. The first-order valence-corrected chi connectivity index (χ1v) is 10.4. The molecular weight excluding hydrogens is 392 g/mol. The summed E-state index contributed by atoms with van der Waals surface area (Å²) in [7, 11) is 0. The first-order valence-electron chi connectivity index (χ1n) is 10.4. The van der Waals surface area contributed by atoms with Crippen LogP contribution in [0.25, 0.3) is 0 Å². The monoisotopic (exact) mass is 424 g/mol. The Morgan fingerprint density at radius 3 is 2.35 bits per heavy atom. The molecule has 7 nitrogen and oxygen atoms in total.